The van der Waals surface area contributed by atoms with Gasteiger partial charge in [0.05, 0.1) is 12.7 Å². The van der Waals surface area contributed by atoms with Crippen molar-refractivity contribution in [3.8, 4) is 0 Å². The largest absolute Gasteiger partial charge is 0.395 e. The lowest BCUT2D eigenvalue weighted by molar-refractivity contribution is 0.0509. The molecule has 4 nitrogen and oxygen atoms in total. The molecular formula is C9H20N2O2. The average molecular weight is 188 g/mol. The van der Waals surface area contributed by atoms with E-state index in [0.717, 1.165) is 6.54 Å². The standard InChI is InChI=1S/C9H20N2O2/c1-7(2)11(3-4-12)8-5-10-6-9(8)13/h7-10,12-13H,3-6H2,1-2H3/t8-,9-/m1/s1. The molecular weight excluding hydrogens is 168 g/mol. The Hall–Kier alpha value is -0.160. The first-order valence-corrected chi connectivity index (χ1v) is 4.92. The Bertz CT molecular complexity index is 153. The molecule has 1 aliphatic rings. The summed E-state index contributed by atoms with van der Waals surface area (Å²) >= 11 is 0. The van der Waals surface area contributed by atoms with Crippen molar-refractivity contribution in [2.75, 3.05) is 26.2 Å². The van der Waals surface area contributed by atoms with E-state index >= 15 is 0 Å². The third-order valence-electron chi connectivity index (χ3n) is 2.60. The van der Waals surface area contributed by atoms with E-state index in [9.17, 15) is 5.11 Å². The van der Waals surface area contributed by atoms with Gasteiger partial charge in [-0.25, -0.2) is 0 Å². The number of hydrogen-bond acceptors (Lipinski definition) is 4. The van der Waals surface area contributed by atoms with Gasteiger partial charge in [0.2, 0.25) is 0 Å². The zero-order valence-electron chi connectivity index (χ0n) is 8.40. The molecule has 0 aromatic rings. The highest BCUT2D eigenvalue weighted by atomic mass is 16.3. The molecule has 0 saturated carbocycles. The molecule has 1 heterocycles. The summed E-state index contributed by atoms with van der Waals surface area (Å²) in [4.78, 5) is 2.14. The van der Waals surface area contributed by atoms with Crippen LogP contribution in [0.25, 0.3) is 0 Å². The van der Waals surface area contributed by atoms with Gasteiger partial charge in [0.1, 0.15) is 0 Å². The molecule has 2 atom stereocenters. The van der Waals surface area contributed by atoms with Crippen molar-refractivity contribution >= 4 is 0 Å². The zero-order valence-corrected chi connectivity index (χ0v) is 8.40. The highest BCUT2D eigenvalue weighted by Gasteiger charge is 2.31. The maximum atomic E-state index is 9.65. The van der Waals surface area contributed by atoms with Crippen molar-refractivity contribution in [1.29, 1.82) is 0 Å². The third kappa shape index (κ3) is 2.64. The lowest BCUT2D eigenvalue weighted by Gasteiger charge is -2.33. The van der Waals surface area contributed by atoms with Gasteiger partial charge in [-0.2, -0.15) is 0 Å². The van der Waals surface area contributed by atoms with Crippen LogP contribution in [0, 0.1) is 0 Å². The summed E-state index contributed by atoms with van der Waals surface area (Å²) in [7, 11) is 0. The van der Waals surface area contributed by atoms with Gasteiger partial charge in [0.15, 0.2) is 0 Å². The number of nitrogens with one attached hydrogen (secondary N) is 1. The van der Waals surface area contributed by atoms with E-state index in [1.807, 2.05) is 0 Å². The molecule has 0 bridgehead atoms. The van der Waals surface area contributed by atoms with Crippen molar-refractivity contribution < 1.29 is 10.2 Å². The van der Waals surface area contributed by atoms with Gasteiger partial charge >= 0.3 is 0 Å². The van der Waals surface area contributed by atoms with E-state index in [-0.39, 0.29) is 18.8 Å². The van der Waals surface area contributed by atoms with E-state index in [1.165, 1.54) is 0 Å². The van der Waals surface area contributed by atoms with Gasteiger partial charge in [-0.05, 0) is 13.8 Å². The summed E-state index contributed by atoms with van der Waals surface area (Å²) in [6, 6.07) is 0.527. The number of aliphatic hydroxyl groups excluding tert-OH is 2. The van der Waals surface area contributed by atoms with Gasteiger partial charge in [0, 0.05) is 31.7 Å². The minimum Gasteiger partial charge on any atom is -0.395 e. The van der Waals surface area contributed by atoms with Crippen LogP contribution in [0.2, 0.25) is 0 Å². The molecule has 0 unspecified atom stereocenters. The van der Waals surface area contributed by atoms with Crippen LogP contribution in [0.3, 0.4) is 0 Å². The number of β-amino-alcohol motifs (C(OH)–C–C–N with tert-alkyl or cyclic N) is 1. The molecule has 1 saturated heterocycles. The molecule has 0 aromatic carbocycles. The molecule has 13 heavy (non-hydrogen) atoms. The number of aliphatic hydroxyl groups is 2. The maximum absolute atomic E-state index is 9.65. The third-order valence-corrected chi connectivity index (χ3v) is 2.60. The van der Waals surface area contributed by atoms with Gasteiger partial charge in [-0.15, -0.1) is 0 Å². The molecule has 0 radical (unpaired) electrons. The minimum atomic E-state index is -0.297. The van der Waals surface area contributed by atoms with E-state index in [2.05, 4.69) is 24.1 Å². The van der Waals surface area contributed by atoms with Crippen LogP contribution in [0.15, 0.2) is 0 Å². The first kappa shape index (κ1) is 10.9. The number of rotatable bonds is 4. The van der Waals surface area contributed by atoms with Crippen LogP contribution < -0.4 is 5.32 Å². The Morgan fingerprint density at radius 2 is 2.15 bits per heavy atom. The monoisotopic (exact) mass is 188 g/mol. The Labute approximate surface area is 79.6 Å². The van der Waals surface area contributed by atoms with Crippen LogP contribution in [0.4, 0.5) is 0 Å². The minimum absolute atomic E-state index is 0.154. The Kier molecular flexibility index (Phi) is 4.12. The van der Waals surface area contributed by atoms with E-state index in [4.69, 9.17) is 5.11 Å². The second-order valence-electron chi connectivity index (χ2n) is 3.85. The van der Waals surface area contributed by atoms with Crippen LogP contribution in [-0.4, -0.2) is 59.5 Å². The molecule has 0 aromatic heterocycles. The second kappa shape index (κ2) is 4.91. The molecule has 4 heteroatoms. The predicted molar refractivity (Wildman–Crippen MR) is 51.6 cm³/mol. The topological polar surface area (TPSA) is 55.7 Å². The second-order valence-corrected chi connectivity index (χ2v) is 3.85. The number of hydrogen-bond donors (Lipinski definition) is 3. The SMILES string of the molecule is CC(C)N(CCO)[C@@H]1CNC[C@H]1O. The maximum Gasteiger partial charge on any atom is 0.0831 e. The van der Waals surface area contributed by atoms with Crippen LogP contribution in [-0.2, 0) is 0 Å². The fourth-order valence-electron chi connectivity index (χ4n) is 1.91. The highest BCUT2D eigenvalue weighted by molar-refractivity contribution is 4.89. The number of nitrogens with zero attached hydrogens (tertiary/aromatic N) is 1. The van der Waals surface area contributed by atoms with Gasteiger partial charge in [0.25, 0.3) is 0 Å². The van der Waals surface area contributed by atoms with Crippen molar-refractivity contribution in [3.63, 3.8) is 0 Å². The normalized spacial score (nSPS) is 29.1. The first-order valence-electron chi connectivity index (χ1n) is 4.92. The predicted octanol–water partition coefficient (Wildman–Crippen LogP) is -0.978. The molecule has 0 amide bonds. The van der Waals surface area contributed by atoms with Gasteiger partial charge in [-0.1, -0.05) is 0 Å². The molecule has 0 spiro atoms. The average Bonchev–Trinajstić information content (AvgIpc) is 2.47. The Balaban J connectivity index is 2.52. The van der Waals surface area contributed by atoms with Crippen LogP contribution in [0.1, 0.15) is 13.8 Å². The summed E-state index contributed by atoms with van der Waals surface area (Å²) in [6.07, 6.45) is -0.297. The summed E-state index contributed by atoms with van der Waals surface area (Å²) in [5.74, 6) is 0. The van der Waals surface area contributed by atoms with E-state index in [0.29, 0.717) is 19.1 Å². The van der Waals surface area contributed by atoms with Crippen molar-refractivity contribution in [2.45, 2.75) is 32.0 Å². The summed E-state index contributed by atoms with van der Waals surface area (Å²) in [5, 5.41) is 21.7. The van der Waals surface area contributed by atoms with Gasteiger partial charge < -0.3 is 15.5 Å². The fourth-order valence-corrected chi connectivity index (χ4v) is 1.91. The fraction of sp³-hybridized carbons (Fsp3) is 1.00. The first-order chi connectivity index (χ1) is 6.16. The van der Waals surface area contributed by atoms with Gasteiger partial charge in [-0.3, -0.25) is 4.90 Å². The van der Waals surface area contributed by atoms with Crippen LogP contribution >= 0.6 is 0 Å². The van der Waals surface area contributed by atoms with Crippen molar-refractivity contribution in [1.82, 2.24) is 10.2 Å². The van der Waals surface area contributed by atoms with Crippen LogP contribution in [0.5, 0.6) is 0 Å². The summed E-state index contributed by atoms with van der Waals surface area (Å²) in [5.41, 5.74) is 0. The lowest BCUT2D eigenvalue weighted by Crippen LogP contribution is -2.48. The van der Waals surface area contributed by atoms with E-state index < -0.39 is 0 Å². The van der Waals surface area contributed by atoms with E-state index in [1.54, 1.807) is 0 Å². The smallest absolute Gasteiger partial charge is 0.0831 e. The quantitative estimate of drug-likeness (QED) is 0.531. The summed E-state index contributed by atoms with van der Waals surface area (Å²) < 4.78 is 0. The molecule has 78 valence electrons. The Morgan fingerprint density at radius 3 is 2.54 bits per heavy atom. The summed E-state index contributed by atoms with van der Waals surface area (Å²) in [6.45, 7) is 6.45. The lowest BCUT2D eigenvalue weighted by atomic mass is 10.1. The zero-order chi connectivity index (χ0) is 9.84. The highest BCUT2D eigenvalue weighted by Crippen LogP contribution is 2.12. The molecule has 0 aliphatic carbocycles. The van der Waals surface area contributed by atoms with Crippen molar-refractivity contribution in [3.05, 3.63) is 0 Å². The molecule has 1 aliphatic heterocycles. The molecule has 3 N–H and O–H groups in total. The Morgan fingerprint density at radius 1 is 1.46 bits per heavy atom. The molecule has 1 rings (SSSR count). The molecule has 1 fully saturated rings. The van der Waals surface area contributed by atoms with Crippen molar-refractivity contribution in [2.24, 2.45) is 0 Å².